The van der Waals surface area contributed by atoms with Gasteiger partial charge in [-0.2, -0.15) is 5.26 Å². The third-order valence-corrected chi connectivity index (χ3v) is 3.67. The molecule has 0 aliphatic heterocycles. The molecule has 0 saturated heterocycles. The Morgan fingerprint density at radius 2 is 2.08 bits per heavy atom. The van der Waals surface area contributed by atoms with Gasteiger partial charge in [-0.1, -0.05) is 0 Å². The number of imidazole rings is 1. The van der Waals surface area contributed by atoms with Crippen LogP contribution in [0.3, 0.4) is 0 Å². The van der Waals surface area contributed by atoms with E-state index in [1.165, 1.54) is 17.3 Å². The van der Waals surface area contributed by atoms with E-state index in [0.29, 0.717) is 28.3 Å². The Morgan fingerprint density at radius 1 is 1.25 bits per heavy atom. The van der Waals surface area contributed by atoms with Gasteiger partial charge >= 0.3 is 0 Å². The molecule has 118 valence electrons. The zero-order valence-electron chi connectivity index (χ0n) is 13.2. The second-order valence-electron chi connectivity index (χ2n) is 5.18. The molecule has 0 N–H and O–H groups in total. The van der Waals surface area contributed by atoms with Crippen LogP contribution in [0, 0.1) is 11.3 Å². The van der Waals surface area contributed by atoms with Crippen molar-refractivity contribution in [2.75, 3.05) is 11.9 Å². The monoisotopic (exact) mass is 318 g/mol. The van der Waals surface area contributed by atoms with E-state index in [9.17, 15) is 4.79 Å². The summed E-state index contributed by atoms with van der Waals surface area (Å²) in [7, 11) is 3.44. The minimum atomic E-state index is -0.200. The van der Waals surface area contributed by atoms with Crippen molar-refractivity contribution in [3.63, 3.8) is 0 Å². The van der Waals surface area contributed by atoms with Crippen molar-refractivity contribution in [3.05, 3.63) is 60.4 Å². The lowest BCUT2D eigenvalue weighted by atomic mass is 10.2. The molecule has 7 nitrogen and oxygen atoms in total. The van der Waals surface area contributed by atoms with Crippen molar-refractivity contribution in [2.24, 2.45) is 7.05 Å². The first-order chi connectivity index (χ1) is 11.6. The lowest BCUT2D eigenvalue weighted by Crippen LogP contribution is -2.28. The van der Waals surface area contributed by atoms with Crippen LogP contribution in [0.5, 0.6) is 0 Å². The standard InChI is InChI=1S/C17H14N6O/c1-22(14-4-3-5-19-10-14)17(24)15-11-21-16(23(15)2)13-6-12(7-18)8-20-9-13/h3-6,8-11H,1-2H3. The average Bonchev–Trinajstić information content (AvgIpc) is 3.02. The SMILES string of the molecule is CN(C(=O)c1cnc(-c2cncc(C#N)c2)n1C)c1cccnc1. The summed E-state index contributed by atoms with van der Waals surface area (Å²) < 4.78 is 1.69. The summed E-state index contributed by atoms with van der Waals surface area (Å²) in [5.41, 5.74) is 2.24. The molecular formula is C17H14N6O. The second kappa shape index (κ2) is 6.30. The molecule has 3 aromatic rings. The molecule has 0 atom stereocenters. The quantitative estimate of drug-likeness (QED) is 0.737. The number of aromatic nitrogens is 4. The van der Waals surface area contributed by atoms with Crippen LogP contribution in [0.25, 0.3) is 11.4 Å². The minimum Gasteiger partial charge on any atom is -0.323 e. The minimum absolute atomic E-state index is 0.200. The van der Waals surface area contributed by atoms with Gasteiger partial charge < -0.3 is 9.47 Å². The normalized spacial score (nSPS) is 10.2. The highest BCUT2D eigenvalue weighted by atomic mass is 16.2. The molecule has 0 fully saturated rings. The fraction of sp³-hybridized carbons (Fsp3) is 0.118. The molecule has 24 heavy (non-hydrogen) atoms. The number of nitrogens with zero attached hydrogens (tertiary/aromatic N) is 6. The highest BCUT2D eigenvalue weighted by molar-refractivity contribution is 6.04. The van der Waals surface area contributed by atoms with Gasteiger partial charge in [0.1, 0.15) is 17.6 Å². The fourth-order valence-corrected chi connectivity index (χ4v) is 2.34. The number of amides is 1. The molecule has 0 spiro atoms. The van der Waals surface area contributed by atoms with E-state index in [1.807, 2.05) is 12.1 Å². The van der Waals surface area contributed by atoms with E-state index in [-0.39, 0.29) is 5.91 Å². The first kappa shape index (κ1) is 15.4. The fourth-order valence-electron chi connectivity index (χ4n) is 2.34. The lowest BCUT2D eigenvalue weighted by molar-refractivity contribution is 0.0985. The molecule has 0 radical (unpaired) electrons. The number of rotatable bonds is 3. The largest absolute Gasteiger partial charge is 0.323 e. The predicted octanol–water partition coefficient (Wildman–Crippen LogP) is 2.03. The number of hydrogen-bond acceptors (Lipinski definition) is 5. The molecule has 0 aliphatic carbocycles. The summed E-state index contributed by atoms with van der Waals surface area (Å²) >= 11 is 0. The van der Waals surface area contributed by atoms with Crippen molar-refractivity contribution in [3.8, 4) is 17.5 Å². The highest BCUT2D eigenvalue weighted by Gasteiger charge is 2.20. The predicted molar refractivity (Wildman–Crippen MR) is 88.1 cm³/mol. The number of nitriles is 1. The smallest absolute Gasteiger partial charge is 0.276 e. The van der Waals surface area contributed by atoms with Gasteiger partial charge in [0.05, 0.1) is 23.6 Å². The Morgan fingerprint density at radius 3 is 2.79 bits per heavy atom. The first-order valence-corrected chi connectivity index (χ1v) is 7.17. The van der Waals surface area contributed by atoms with Crippen LogP contribution in [0.1, 0.15) is 16.1 Å². The highest BCUT2D eigenvalue weighted by Crippen LogP contribution is 2.20. The molecule has 7 heteroatoms. The van der Waals surface area contributed by atoms with Crippen molar-refractivity contribution in [1.82, 2.24) is 19.5 Å². The van der Waals surface area contributed by atoms with Crippen LogP contribution < -0.4 is 4.90 Å². The van der Waals surface area contributed by atoms with Gasteiger partial charge in [0, 0.05) is 38.2 Å². The number of anilines is 1. The van der Waals surface area contributed by atoms with Crippen molar-refractivity contribution in [2.45, 2.75) is 0 Å². The maximum atomic E-state index is 12.7. The van der Waals surface area contributed by atoms with E-state index in [1.54, 1.807) is 49.4 Å². The van der Waals surface area contributed by atoms with Gasteiger partial charge in [-0.05, 0) is 18.2 Å². The van der Waals surface area contributed by atoms with Crippen LogP contribution in [-0.2, 0) is 7.05 Å². The average molecular weight is 318 g/mol. The summed E-state index contributed by atoms with van der Waals surface area (Å²) in [6, 6.07) is 7.31. The second-order valence-corrected chi connectivity index (χ2v) is 5.18. The molecule has 3 heterocycles. The van der Waals surface area contributed by atoms with Gasteiger partial charge in [-0.25, -0.2) is 4.98 Å². The first-order valence-electron chi connectivity index (χ1n) is 7.17. The van der Waals surface area contributed by atoms with Gasteiger partial charge in [0.2, 0.25) is 0 Å². The Hall–Kier alpha value is -3.53. The molecule has 1 amide bonds. The van der Waals surface area contributed by atoms with Crippen LogP contribution in [0.15, 0.2) is 49.2 Å². The third-order valence-electron chi connectivity index (χ3n) is 3.67. The van der Waals surface area contributed by atoms with E-state index in [4.69, 9.17) is 5.26 Å². The van der Waals surface area contributed by atoms with Crippen molar-refractivity contribution < 1.29 is 4.79 Å². The molecule has 0 aliphatic rings. The maximum Gasteiger partial charge on any atom is 0.276 e. The van der Waals surface area contributed by atoms with E-state index in [0.717, 1.165) is 0 Å². The Labute approximate surface area is 138 Å². The number of pyridine rings is 2. The van der Waals surface area contributed by atoms with Crippen LogP contribution in [0.2, 0.25) is 0 Å². The summed E-state index contributed by atoms with van der Waals surface area (Å²) in [5, 5.41) is 8.99. The Kier molecular flexibility index (Phi) is 4.03. The maximum absolute atomic E-state index is 12.7. The zero-order valence-corrected chi connectivity index (χ0v) is 13.2. The Balaban J connectivity index is 1.95. The van der Waals surface area contributed by atoms with Gasteiger partial charge in [0.25, 0.3) is 5.91 Å². The topological polar surface area (TPSA) is 87.7 Å². The summed E-state index contributed by atoms with van der Waals surface area (Å²) in [4.78, 5) is 26.6. The van der Waals surface area contributed by atoms with E-state index < -0.39 is 0 Å². The van der Waals surface area contributed by atoms with Gasteiger partial charge in [-0.3, -0.25) is 14.8 Å². The third kappa shape index (κ3) is 2.73. The van der Waals surface area contributed by atoms with Crippen LogP contribution in [0.4, 0.5) is 5.69 Å². The van der Waals surface area contributed by atoms with Crippen LogP contribution >= 0.6 is 0 Å². The lowest BCUT2D eigenvalue weighted by Gasteiger charge is -2.17. The molecule has 0 bridgehead atoms. The van der Waals surface area contributed by atoms with Crippen molar-refractivity contribution >= 4 is 11.6 Å². The number of carbonyl (C=O) groups is 1. The molecule has 3 rings (SSSR count). The molecular weight excluding hydrogens is 304 g/mol. The molecule has 0 aromatic carbocycles. The number of hydrogen-bond donors (Lipinski definition) is 0. The molecule has 3 aromatic heterocycles. The molecule has 0 saturated carbocycles. The van der Waals surface area contributed by atoms with Crippen molar-refractivity contribution in [1.29, 1.82) is 5.26 Å². The summed E-state index contributed by atoms with van der Waals surface area (Å²) in [6.07, 6.45) is 7.88. The molecule has 0 unspecified atom stereocenters. The van der Waals surface area contributed by atoms with Gasteiger partial charge in [-0.15, -0.1) is 0 Å². The van der Waals surface area contributed by atoms with E-state index in [2.05, 4.69) is 15.0 Å². The summed E-state index contributed by atoms with van der Waals surface area (Å²) in [5.74, 6) is 0.371. The van der Waals surface area contributed by atoms with E-state index >= 15 is 0 Å². The zero-order chi connectivity index (χ0) is 17.1. The Bertz CT molecular complexity index is 926. The van der Waals surface area contributed by atoms with Gasteiger partial charge in [0.15, 0.2) is 0 Å². The summed E-state index contributed by atoms with van der Waals surface area (Å²) in [6.45, 7) is 0. The van der Waals surface area contributed by atoms with Crippen LogP contribution in [-0.4, -0.2) is 32.5 Å². The number of carbonyl (C=O) groups excluding carboxylic acids is 1.